The van der Waals surface area contributed by atoms with E-state index in [9.17, 15) is 9.59 Å². The molecule has 0 amide bonds. The average molecular weight is 328 g/mol. The summed E-state index contributed by atoms with van der Waals surface area (Å²) in [4.78, 5) is 19.9. The van der Waals surface area contributed by atoms with Gasteiger partial charge in [-0.15, -0.1) is 0 Å². The van der Waals surface area contributed by atoms with Gasteiger partial charge in [0.2, 0.25) is 0 Å². The maximum atomic E-state index is 9.99. The lowest BCUT2D eigenvalue weighted by Crippen LogP contribution is -2.30. The Hall–Kier alpha value is -1.57. The monoisotopic (exact) mass is 328 g/mol. The molecule has 0 aromatic heterocycles. The van der Waals surface area contributed by atoms with Crippen molar-refractivity contribution in [3.8, 4) is 0 Å². The molecule has 1 atom stereocenters. The van der Waals surface area contributed by atoms with Gasteiger partial charge < -0.3 is 21.7 Å². The van der Waals surface area contributed by atoms with Crippen LogP contribution in [0.25, 0.3) is 0 Å². The molecule has 0 heterocycles. The van der Waals surface area contributed by atoms with Crippen LogP contribution < -0.4 is 11.5 Å². The summed E-state index contributed by atoms with van der Waals surface area (Å²) in [5.74, 6) is 0.0616. The van der Waals surface area contributed by atoms with Gasteiger partial charge in [0.15, 0.2) is 0 Å². The van der Waals surface area contributed by atoms with Crippen molar-refractivity contribution in [1.82, 2.24) is 0 Å². The number of carbonyl (C=O) groups is 2. The second-order valence-corrected chi connectivity index (χ2v) is 5.74. The van der Waals surface area contributed by atoms with Crippen LogP contribution in [0.15, 0.2) is 30.3 Å². The Balaban J connectivity index is 0.000000409. The van der Waals surface area contributed by atoms with Crippen LogP contribution >= 0.6 is 11.8 Å². The first-order valence-electron chi connectivity index (χ1n) is 6.99. The van der Waals surface area contributed by atoms with E-state index in [1.807, 2.05) is 11.8 Å². The highest BCUT2D eigenvalue weighted by atomic mass is 32.2. The molecule has 124 valence electrons. The van der Waals surface area contributed by atoms with E-state index in [0.29, 0.717) is 0 Å². The zero-order valence-corrected chi connectivity index (χ0v) is 13.3. The van der Waals surface area contributed by atoms with Crippen molar-refractivity contribution in [1.29, 1.82) is 0 Å². The first-order chi connectivity index (χ1) is 10.5. The minimum Gasteiger partial charge on any atom is -0.481 e. The molecule has 1 aromatic rings. The van der Waals surface area contributed by atoms with Crippen molar-refractivity contribution >= 4 is 23.7 Å². The topological polar surface area (TPSA) is 127 Å². The summed E-state index contributed by atoms with van der Waals surface area (Å²) < 4.78 is 0. The largest absolute Gasteiger partial charge is 0.481 e. The van der Waals surface area contributed by atoms with Crippen LogP contribution in [-0.4, -0.2) is 46.2 Å². The number of carboxylic acids is 2. The highest BCUT2D eigenvalue weighted by Gasteiger charge is 2.12. The number of rotatable bonds is 9. The molecule has 1 aromatic carbocycles. The Morgan fingerprint density at radius 3 is 2.27 bits per heavy atom. The van der Waals surface area contributed by atoms with E-state index in [1.54, 1.807) is 0 Å². The lowest BCUT2D eigenvalue weighted by atomic mass is 10.2. The Labute approximate surface area is 134 Å². The number of thioether (sulfide) groups is 1. The third-order valence-electron chi connectivity index (χ3n) is 2.63. The summed E-state index contributed by atoms with van der Waals surface area (Å²) in [6, 6.07) is 9.50. The van der Waals surface area contributed by atoms with Crippen LogP contribution in [0, 0.1) is 0 Å². The van der Waals surface area contributed by atoms with Gasteiger partial charge in [0.05, 0.1) is 0 Å². The van der Waals surface area contributed by atoms with E-state index in [2.05, 4.69) is 30.3 Å². The number of aryl methyl sites for hydroxylation is 1. The Kier molecular flexibility index (Phi) is 12.2. The molecule has 22 heavy (non-hydrogen) atoms. The third kappa shape index (κ3) is 12.2. The molecule has 0 fully saturated rings. The Bertz CT molecular complexity index is 429. The SMILES string of the molecule is NCCSCCc1ccccc1.N[C@@H](CCC(=O)O)C(=O)O. The van der Waals surface area contributed by atoms with Crippen LogP contribution in [-0.2, 0) is 16.0 Å². The van der Waals surface area contributed by atoms with Gasteiger partial charge in [0.1, 0.15) is 6.04 Å². The molecule has 0 saturated heterocycles. The van der Waals surface area contributed by atoms with Gasteiger partial charge in [-0.1, -0.05) is 30.3 Å². The van der Waals surface area contributed by atoms with Gasteiger partial charge in [-0.25, -0.2) is 0 Å². The molecule has 0 saturated carbocycles. The van der Waals surface area contributed by atoms with Gasteiger partial charge in [0.25, 0.3) is 0 Å². The van der Waals surface area contributed by atoms with E-state index in [4.69, 9.17) is 21.7 Å². The van der Waals surface area contributed by atoms with Crippen LogP contribution in [0.3, 0.4) is 0 Å². The molecule has 0 aliphatic rings. The fourth-order valence-corrected chi connectivity index (χ4v) is 2.17. The molecular weight excluding hydrogens is 304 g/mol. The summed E-state index contributed by atoms with van der Waals surface area (Å²) >= 11 is 1.92. The van der Waals surface area contributed by atoms with Crippen molar-refractivity contribution in [3.63, 3.8) is 0 Å². The molecule has 7 heteroatoms. The number of aliphatic carboxylic acids is 2. The number of carboxylic acid groups (broad SMARTS) is 2. The van der Waals surface area contributed by atoms with Crippen LogP contribution in [0.2, 0.25) is 0 Å². The second-order valence-electron chi connectivity index (χ2n) is 4.51. The first kappa shape index (κ1) is 20.4. The molecule has 1 rings (SSSR count). The summed E-state index contributed by atoms with van der Waals surface area (Å²) in [6.45, 7) is 0.791. The normalized spacial score (nSPS) is 11.2. The maximum Gasteiger partial charge on any atom is 0.320 e. The van der Waals surface area contributed by atoms with Crippen LogP contribution in [0.5, 0.6) is 0 Å². The molecule has 0 radical (unpaired) electrons. The van der Waals surface area contributed by atoms with Crippen molar-refractivity contribution < 1.29 is 19.8 Å². The summed E-state index contributed by atoms with van der Waals surface area (Å²) in [6.07, 6.45) is 0.934. The van der Waals surface area contributed by atoms with Gasteiger partial charge in [-0.2, -0.15) is 11.8 Å². The van der Waals surface area contributed by atoms with E-state index < -0.39 is 18.0 Å². The number of hydrogen-bond donors (Lipinski definition) is 4. The molecule has 0 bridgehead atoms. The fraction of sp³-hybridized carbons (Fsp3) is 0.467. The molecule has 6 N–H and O–H groups in total. The van der Waals surface area contributed by atoms with Crippen molar-refractivity contribution in [3.05, 3.63) is 35.9 Å². The number of benzene rings is 1. The predicted molar refractivity (Wildman–Crippen MR) is 89.0 cm³/mol. The number of nitrogens with two attached hydrogens (primary N) is 2. The van der Waals surface area contributed by atoms with Crippen LogP contribution in [0.4, 0.5) is 0 Å². The summed E-state index contributed by atoms with van der Waals surface area (Å²) in [5.41, 5.74) is 11.8. The summed E-state index contributed by atoms with van der Waals surface area (Å²) in [7, 11) is 0. The van der Waals surface area contributed by atoms with Crippen molar-refractivity contribution in [2.45, 2.75) is 25.3 Å². The van der Waals surface area contributed by atoms with Crippen LogP contribution in [0.1, 0.15) is 18.4 Å². The smallest absolute Gasteiger partial charge is 0.320 e. The molecule has 0 unspecified atom stereocenters. The van der Waals surface area contributed by atoms with Gasteiger partial charge >= 0.3 is 11.9 Å². The molecule has 0 aliphatic heterocycles. The average Bonchev–Trinajstić information content (AvgIpc) is 2.50. The van der Waals surface area contributed by atoms with Gasteiger partial charge in [-0.05, 0) is 24.2 Å². The minimum atomic E-state index is -1.17. The second kappa shape index (κ2) is 13.1. The standard InChI is InChI=1S/C10H15NS.C5H9NO4/c11-7-9-12-8-6-10-4-2-1-3-5-10;6-3(5(9)10)1-2-4(7)8/h1-5H,6-9,11H2;3H,1-2,6H2,(H,7,8)(H,9,10)/t;3-/m.0/s1. The highest BCUT2D eigenvalue weighted by Crippen LogP contribution is 2.05. The lowest BCUT2D eigenvalue weighted by Gasteiger charge is -2.01. The van der Waals surface area contributed by atoms with E-state index in [-0.39, 0.29) is 12.8 Å². The van der Waals surface area contributed by atoms with E-state index in [0.717, 1.165) is 18.7 Å². The van der Waals surface area contributed by atoms with E-state index in [1.165, 1.54) is 11.3 Å². The Morgan fingerprint density at radius 2 is 1.77 bits per heavy atom. The van der Waals surface area contributed by atoms with Crippen molar-refractivity contribution in [2.24, 2.45) is 11.5 Å². The summed E-state index contributed by atoms with van der Waals surface area (Å²) in [5, 5.41) is 16.3. The highest BCUT2D eigenvalue weighted by molar-refractivity contribution is 7.99. The van der Waals surface area contributed by atoms with Gasteiger partial charge in [-0.3, -0.25) is 9.59 Å². The molecular formula is C15H24N2O4S. The van der Waals surface area contributed by atoms with Crippen molar-refractivity contribution in [2.75, 3.05) is 18.1 Å². The predicted octanol–water partition coefficient (Wildman–Crippen LogP) is 1.18. The van der Waals surface area contributed by atoms with E-state index >= 15 is 0 Å². The Morgan fingerprint density at radius 1 is 1.14 bits per heavy atom. The zero-order valence-electron chi connectivity index (χ0n) is 12.5. The first-order valence-corrected chi connectivity index (χ1v) is 8.14. The number of hydrogen-bond acceptors (Lipinski definition) is 5. The van der Waals surface area contributed by atoms with Gasteiger partial charge in [0, 0.05) is 18.7 Å². The molecule has 6 nitrogen and oxygen atoms in total. The third-order valence-corrected chi connectivity index (χ3v) is 3.64. The molecule has 0 aliphatic carbocycles. The maximum absolute atomic E-state index is 9.99. The minimum absolute atomic E-state index is 0.0231. The quantitative estimate of drug-likeness (QED) is 0.501. The fourth-order valence-electron chi connectivity index (χ4n) is 1.42. The molecule has 0 spiro atoms. The zero-order chi connectivity index (χ0) is 16.8. The lowest BCUT2D eigenvalue weighted by molar-refractivity contribution is -0.139.